The van der Waals surface area contributed by atoms with Crippen LogP contribution < -0.4 is 15.4 Å². The number of para-hydroxylation sites is 1. The summed E-state index contributed by atoms with van der Waals surface area (Å²) in [5.41, 5.74) is 1.02. The quantitative estimate of drug-likeness (QED) is 0.128. The standard InChI is InChI=1S/C19H29N3O3.HI/c1-4-14-25-17-11-7-6-10-16(17)15-22-19(20-5-2)21-13-9-8-12-18(23)24-3;/h4,6-7,10-11H,1,5,8-9,12-15H2,2-3H3,(H2,20,21,22);1H. The first-order valence-corrected chi connectivity index (χ1v) is 8.61. The first kappa shape index (κ1) is 24.2. The van der Waals surface area contributed by atoms with Crippen LogP contribution in [0.5, 0.6) is 5.75 Å². The molecule has 1 aromatic carbocycles. The molecule has 7 heteroatoms. The lowest BCUT2D eigenvalue weighted by atomic mass is 10.2. The molecule has 26 heavy (non-hydrogen) atoms. The van der Waals surface area contributed by atoms with Crippen LogP contribution in [0.1, 0.15) is 31.7 Å². The highest BCUT2D eigenvalue weighted by atomic mass is 127. The highest BCUT2D eigenvalue weighted by Crippen LogP contribution is 2.18. The van der Waals surface area contributed by atoms with Crippen LogP contribution in [0.3, 0.4) is 0 Å². The van der Waals surface area contributed by atoms with Gasteiger partial charge in [-0.15, -0.1) is 24.0 Å². The highest BCUT2D eigenvalue weighted by molar-refractivity contribution is 14.0. The van der Waals surface area contributed by atoms with Gasteiger partial charge in [0.05, 0.1) is 13.7 Å². The SMILES string of the molecule is C=CCOc1ccccc1CN=C(NCC)NCCCCC(=O)OC.I. The lowest BCUT2D eigenvalue weighted by Gasteiger charge is -2.12. The molecule has 0 heterocycles. The Hall–Kier alpha value is -1.77. The van der Waals surface area contributed by atoms with Crippen LogP contribution in [-0.2, 0) is 16.1 Å². The van der Waals surface area contributed by atoms with Gasteiger partial charge in [0.1, 0.15) is 12.4 Å². The van der Waals surface area contributed by atoms with Gasteiger partial charge in [0.15, 0.2) is 5.96 Å². The van der Waals surface area contributed by atoms with Crippen molar-refractivity contribution in [3.05, 3.63) is 42.5 Å². The minimum atomic E-state index is -0.170. The second-order valence-corrected chi connectivity index (χ2v) is 5.36. The predicted octanol–water partition coefficient (Wildman–Crippen LogP) is 3.27. The fourth-order valence-electron chi connectivity index (χ4n) is 2.13. The van der Waals surface area contributed by atoms with Crippen LogP contribution >= 0.6 is 24.0 Å². The molecule has 0 spiro atoms. The van der Waals surface area contributed by atoms with E-state index in [1.807, 2.05) is 31.2 Å². The molecule has 0 aliphatic rings. The smallest absolute Gasteiger partial charge is 0.305 e. The zero-order valence-electron chi connectivity index (χ0n) is 15.6. The molecule has 2 N–H and O–H groups in total. The van der Waals surface area contributed by atoms with Gasteiger partial charge in [-0.1, -0.05) is 30.9 Å². The van der Waals surface area contributed by atoms with Gasteiger partial charge >= 0.3 is 5.97 Å². The molecule has 146 valence electrons. The molecule has 0 saturated carbocycles. The van der Waals surface area contributed by atoms with E-state index in [-0.39, 0.29) is 29.9 Å². The summed E-state index contributed by atoms with van der Waals surface area (Å²) >= 11 is 0. The van der Waals surface area contributed by atoms with E-state index in [0.29, 0.717) is 19.6 Å². The van der Waals surface area contributed by atoms with Gasteiger partial charge in [0, 0.05) is 25.1 Å². The molecule has 0 bridgehead atoms. The summed E-state index contributed by atoms with van der Waals surface area (Å²) in [6.45, 7) is 8.21. The Kier molecular flexibility index (Phi) is 14.4. The van der Waals surface area contributed by atoms with Gasteiger partial charge < -0.3 is 20.1 Å². The summed E-state index contributed by atoms with van der Waals surface area (Å²) in [4.78, 5) is 15.7. The molecule has 1 aromatic rings. The lowest BCUT2D eigenvalue weighted by Crippen LogP contribution is -2.37. The molecule has 6 nitrogen and oxygen atoms in total. The summed E-state index contributed by atoms with van der Waals surface area (Å²) in [7, 11) is 1.41. The lowest BCUT2D eigenvalue weighted by molar-refractivity contribution is -0.140. The second kappa shape index (κ2) is 15.5. The van der Waals surface area contributed by atoms with Gasteiger partial charge in [0.2, 0.25) is 0 Å². The van der Waals surface area contributed by atoms with Crippen molar-refractivity contribution in [1.29, 1.82) is 0 Å². The van der Waals surface area contributed by atoms with E-state index in [1.54, 1.807) is 6.08 Å². The Bertz CT molecular complexity index is 565. The Balaban J connectivity index is 0.00000625. The van der Waals surface area contributed by atoms with Gasteiger partial charge in [-0.3, -0.25) is 4.79 Å². The summed E-state index contributed by atoms with van der Waals surface area (Å²) in [5.74, 6) is 1.40. The fraction of sp³-hybridized carbons (Fsp3) is 0.474. The number of esters is 1. The van der Waals surface area contributed by atoms with E-state index in [9.17, 15) is 4.79 Å². The van der Waals surface area contributed by atoms with E-state index in [4.69, 9.17) is 4.74 Å². The number of unbranched alkanes of at least 4 members (excludes halogenated alkanes) is 1. The molecule has 0 atom stereocenters. The number of hydrogen-bond donors (Lipinski definition) is 2. The number of methoxy groups -OCH3 is 1. The third-order valence-electron chi connectivity index (χ3n) is 3.41. The van der Waals surface area contributed by atoms with Crippen molar-refractivity contribution in [2.24, 2.45) is 4.99 Å². The molecule has 0 unspecified atom stereocenters. The van der Waals surface area contributed by atoms with Crippen LogP contribution in [0.25, 0.3) is 0 Å². The first-order chi connectivity index (χ1) is 12.2. The zero-order chi connectivity index (χ0) is 18.3. The maximum Gasteiger partial charge on any atom is 0.305 e. The normalized spacial score (nSPS) is 10.5. The summed E-state index contributed by atoms with van der Waals surface area (Å²) in [6, 6.07) is 7.85. The van der Waals surface area contributed by atoms with E-state index in [1.165, 1.54) is 7.11 Å². The molecular formula is C19H30IN3O3. The van der Waals surface area contributed by atoms with Gasteiger partial charge in [-0.05, 0) is 25.8 Å². The molecule has 0 aliphatic carbocycles. The number of rotatable bonds is 11. The average molecular weight is 475 g/mol. The third kappa shape index (κ3) is 10.3. The highest BCUT2D eigenvalue weighted by Gasteiger charge is 2.04. The van der Waals surface area contributed by atoms with Crippen LogP contribution in [0.4, 0.5) is 0 Å². The van der Waals surface area contributed by atoms with Crippen molar-refractivity contribution in [2.45, 2.75) is 32.7 Å². The molecule has 1 rings (SSSR count). The zero-order valence-corrected chi connectivity index (χ0v) is 18.0. The topological polar surface area (TPSA) is 72.0 Å². The van der Waals surface area contributed by atoms with Crippen molar-refractivity contribution < 1.29 is 14.3 Å². The van der Waals surface area contributed by atoms with E-state index in [2.05, 4.69) is 26.9 Å². The predicted molar refractivity (Wildman–Crippen MR) is 116 cm³/mol. The molecule has 0 radical (unpaired) electrons. The van der Waals surface area contributed by atoms with Crippen molar-refractivity contribution in [3.8, 4) is 5.75 Å². The average Bonchev–Trinajstić information content (AvgIpc) is 2.64. The Morgan fingerprint density at radius 1 is 1.27 bits per heavy atom. The van der Waals surface area contributed by atoms with E-state index < -0.39 is 0 Å². The number of nitrogens with zero attached hydrogens (tertiary/aromatic N) is 1. The molecule has 0 amide bonds. The van der Waals surface area contributed by atoms with Crippen LogP contribution in [-0.4, -0.2) is 38.7 Å². The molecular weight excluding hydrogens is 445 g/mol. The number of ether oxygens (including phenoxy) is 2. The number of aliphatic imine (C=N–C) groups is 1. The number of guanidine groups is 1. The number of hydrogen-bond acceptors (Lipinski definition) is 4. The van der Waals surface area contributed by atoms with Crippen molar-refractivity contribution in [2.75, 3.05) is 26.8 Å². The first-order valence-electron chi connectivity index (χ1n) is 8.61. The Morgan fingerprint density at radius 3 is 2.73 bits per heavy atom. The number of benzene rings is 1. The van der Waals surface area contributed by atoms with Crippen molar-refractivity contribution in [3.63, 3.8) is 0 Å². The number of halogens is 1. The van der Waals surface area contributed by atoms with Crippen LogP contribution in [0.15, 0.2) is 41.9 Å². The van der Waals surface area contributed by atoms with Gasteiger partial charge in [-0.25, -0.2) is 4.99 Å². The minimum absolute atomic E-state index is 0. The minimum Gasteiger partial charge on any atom is -0.489 e. The second-order valence-electron chi connectivity index (χ2n) is 5.36. The van der Waals surface area contributed by atoms with Crippen LogP contribution in [0, 0.1) is 0 Å². The van der Waals surface area contributed by atoms with Crippen molar-refractivity contribution >= 4 is 35.9 Å². The number of nitrogens with one attached hydrogen (secondary N) is 2. The maximum absolute atomic E-state index is 11.1. The van der Waals surface area contributed by atoms with E-state index >= 15 is 0 Å². The Morgan fingerprint density at radius 2 is 2.04 bits per heavy atom. The largest absolute Gasteiger partial charge is 0.489 e. The Labute approximate surface area is 173 Å². The number of carbonyl (C=O) groups excluding carboxylic acids is 1. The third-order valence-corrected chi connectivity index (χ3v) is 3.41. The van der Waals surface area contributed by atoms with Gasteiger partial charge in [0.25, 0.3) is 0 Å². The van der Waals surface area contributed by atoms with Gasteiger partial charge in [-0.2, -0.15) is 0 Å². The fourth-order valence-corrected chi connectivity index (χ4v) is 2.13. The monoisotopic (exact) mass is 475 g/mol. The summed E-state index contributed by atoms with van der Waals surface area (Å²) in [6.07, 6.45) is 3.83. The molecule has 0 fully saturated rings. The molecule has 0 aliphatic heterocycles. The summed E-state index contributed by atoms with van der Waals surface area (Å²) < 4.78 is 10.3. The van der Waals surface area contributed by atoms with E-state index in [0.717, 1.165) is 43.2 Å². The molecule has 0 saturated heterocycles. The van der Waals surface area contributed by atoms with Crippen molar-refractivity contribution in [1.82, 2.24) is 10.6 Å². The van der Waals surface area contributed by atoms with Crippen LogP contribution in [0.2, 0.25) is 0 Å². The summed E-state index contributed by atoms with van der Waals surface area (Å²) in [5, 5.41) is 6.49. The molecule has 0 aromatic heterocycles. The number of carbonyl (C=O) groups is 1. The maximum atomic E-state index is 11.1.